The van der Waals surface area contributed by atoms with Gasteiger partial charge in [-0.05, 0) is 36.4 Å². The number of amides is 1. The van der Waals surface area contributed by atoms with Crippen molar-refractivity contribution in [2.24, 2.45) is 0 Å². The third-order valence-corrected chi connectivity index (χ3v) is 5.03. The Balaban J connectivity index is 2.22. The van der Waals surface area contributed by atoms with Crippen molar-refractivity contribution in [1.29, 1.82) is 0 Å². The molecule has 0 aliphatic heterocycles. The third kappa shape index (κ3) is 3.64. The van der Waals surface area contributed by atoms with Crippen LogP contribution >= 0.6 is 22.7 Å². The number of hydrogen-bond donors (Lipinski definition) is 1. The maximum Gasteiger partial charge on any atom is 0.341 e. The molecule has 0 saturated heterocycles. The highest BCUT2D eigenvalue weighted by molar-refractivity contribution is 7.16. The Hall–Kier alpha value is -1.92. The lowest BCUT2D eigenvalue weighted by molar-refractivity contribution is -0.111. The predicted octanol–water partition coefficient (Wildman–Crippen LogP) is 4.12. The van der Waals surface area contributed by atoms with E-state index in [1.807, 2.05) is 31.4 Å². The fraction of sp³-hybridized carbons (Fsp3) is 0.250. The van der Waals surface area contributed by atoms with Gasteiger partial charge in [0.25, 0.3) is 0 Å². The van der Waals surface area contributed by atoms with Crippen molar-refractivity contribution in [1.82, 2.24) is 0 Å². The van der Waals surface area contributed by atoms with E-state index in [2.05, 4.69) is 5.32 Å². The van der Waals surface area contributed by atoms with E-state index >= 15 is 0 Å². The standard InChI is InChI=1S/C16H17NO3S2/c1-4-12-10(2)22-15(14(12)16(19)20-3)17-13(18)8-7-11-6-5-9-21-11/h5-9H,4H2,1-3H3,(H,17,18)/b8-7-. The Morgan fingerprint density at radius 2 is 2.18 bits per heavy atom. The Morgan fingerprint density at radius 1 is 1.41 bits per heavy atom. The van der Waals surface area contributed by atoms with Crippen molar-refractivity contribution in [2.45, 2.75) is 20.3 Å². The van der Waals surface area contributed by atoms with Gasteiger partial charge in [0, 0.05) is 15.8 Å². The second-order valence-corrected chi connectivity index (χ2v) is 6.73. The number of aryl methyl sites for hydroxylation is 1. The molecule has 1 N–H and O–H groups in total. The summed E-state index contributed by atoms with van der Waals surface area (Å²) in [4.78, 5) is 26.0. The molecule has 22 heavy (non-hydrogen) atoms. The van der Waals surface area contributed by atoms with Crippen LogP contribution in [-0.2, 0) is 16.0 Å². The average Bonchev–Trinajstić information content (AvgIpc) is 3.11. The molecule has 0 radical (unpaired) electrons. The Kier molecular flexibility index (Phi) is 5.51. The second-order valence-electron chi connectivity index (χ2n) is 4.52. The van der Waals surface area contributed by atoms with Gasteiger partial charge in [0.2, 0.25) is 5.91 Å². The molecular weight excluding hydrogens is 318 g/mol. The minimum Gasteiger partial charge on any atom is -0.465 e. The van der Waals surface area contributed by atoms with Crippen LogP contribution in [0.4, 0.5) is 5.00 Å². The van der Waals surface area contributed by atoms with Crippen LogP contribution in [0.15, 0.2) is 23.6 Å². The number of esters is 1. The Labute approximate surface area is 137 Å². The van der Waals surface area contributed by atoms with Crippen LogP contribution in [0.2, 0.25) is 0 Å². The van der Waals surface area contributed by atoms with E-state index in [-0.39, 0.29) is 5.91 Å². The van der Waals surface area contributed by atoms with Crippen molar-refractivity contribution in [3.63, 3.8) is 0 Å². The monoisotopic (exact) mass is 335 g/mol. The number of carbonyl (C=O) groups is 2. The van der Waals surface area contributed by atoms with E-state index in [1.165, 1.54) is 24.5 Å². The smallest absolute Gasteiger partial charge is 0.341 e. The first kappa shape index (κ1) is 16.5. The fourth-order valence-electron chi connectivity index (χ4n) is 2.11. The Morgan fingerprint density at radius 3 is 2.77 bits per heavy atom. The topological polar surface area (TPSA) is 55.4 Å². The summed E-state index contributed by atoms with van der Waals surface area (Å²) in [5, 5.41) is 5.27. The van der Waals surface area contributed by atoms with Crippen molar-refractivity contribution in [3.05, 3.63) is 44.5 Å². The van der Waals surface area contributed by atoms with Gasteiger partial charge in [-0.25, -0.2) is 4.79 Å². The molecule has 0 fully saturated rings. The summed E-state index contributed by atoms with van der Waals surface area (Å²) in [7, 11) is 1.34. The van der Waals surface area contributed by atoms with Gasteiger partial charge < -0.3 is 10.1 Å². The molecule has 2 rings (SSSR count). The van der Waals surface area contributed by atoms with Crippen molar-refractivity contribution in [3.8, 4) is 0 Å². The first-order valence-electron chi connectivity index (χ1n) is 6.80. The Bertz CT molecular complexity index is 699. The summed E-state index contributed by atoms with van der Waals surface area (Å²) in [6.45, 7) is 3.91. The van der Waals surface area contributed by atoms with Crippen LogP contribution in [-0.4, -0.2) is 19.0 Å². The quantitative estimate of drug-likeness (QED) is 0.660. The van der Waals surface area contributed by atoms with E-state index in [9.17, 15) is 9.59 Å². The van der Waals surface area contributed by atoms with E-state index in [0.29, 0.717) is 17.0 Å². The second kappa shape index (κ2) is 7.38. The number of anilines is 1. The maximum absolute atomic E-state index is 12.0. The summed E-state index contributed by atoms with van der Waals surface area (Å²) in [5.74, 6) is -0.679. The number of carbonyl (C=O) groups excluding carboxylic acids is 2. The van der Waals surface area contributed by atoms with E-state index in [4.69, 9.17) is 4.74 Å². The normalized spacial score (nSPS) is 10.9. The van der Waals surface area contributed by atoms with Crippen molar-refractivity contribution >= 4 is 45.6 Å². The lowest BCUT2D eigenvalue weighted by Crippen LogP contribution is -2.12. The van der Waals surface area contributed by atoms with Crippen LogP contribution in [0.3, 0.4) is 0 Å². The van der Waals surface area contributed by atoms with E-state index in [0.717, 1.165) is 15.3 Å². The van der Waals surface area contributed by atoms with Gasteiger partial charge in [0.1, 0.15) is 5.00 Å². The molecule has 6 heteroatoms. The number of thiophene rings is 2. The van der Waals surface area contributed by atoms with Crippen molar-refractivity contribution < 1.29 is 14.3 Å². The van der Waals surface area contributed by atoms with E-state index in [1.54, 1.807) is 17.4 Å². The molecule has 4 nitrogen and oxygen atoms in total. The SMILES string of the molecule is CCc1c(C)sc(NC(=O)/C=C\c2cccs2)c1C(=O)OC. The summed E-state index contributed by atoms with van der Waals surface area (Å²) < 4.78 is 4.83. The number of rotatable bonds is 5. The molecule has 0 aliphatic rings. The molecule has 0 saturated carbocycles. The summed E-state index contributed by atoms with van der Waals surface area (Å²) in [6.07, 6.45) is 3.93. The number of hydrogen-bond acceptors (Lipinski definition) is 5. The van der Waals surface area contributed by atoms with Gasteiger partial charge in [-0.1, -0.05) is 13.0 Å². The summed E-state index contributed by atoms with van der Waals surface area (Å²) >= 11 is 2.95. The minimum absolute atomic E-state index is 0.262. The first-order valence-corrected chi connectivity index (χ1v) is 8.49. The van der Waals surface area contributed by atoms with E-state index < -0.39 is 5.97 Å². The van der Waals surface area contributed by atoms with Gasteiger partial charge in [-0.2, -0.15) is 0 Å². The first-order chi connectivity index (χ1) is 10.6. The van der Waals surface area contributed by atoms with Gasteiger partial charge in [-0.15, -0.1) is 22.7 Å². The zero-order chi connectivity index (χ0) is 16.1. The van der Waals surface area contributed by atoms with Crippen molar-refractivity contribution in [2.75, 3.05) is 12.4 Å². The maximum atomic E-state index is 12.0. The average molecular weight is 335 g/mol. The van der Waals surface area contributed by atoms with Gasteiger partial charge in [0.15, 0.2) is 0 Å². The molecular formula is C16H17NO3S2. The zero-order valence-corrected chi connectivity index (χ0v) is 14.3. The molecule has 0 aromatic carbocycles. The highest BCUT2D eigenvalue weighted by atomic mass is 32.1. The molecule has 2 aromatic heterocycles. The van der Waals surface area contributed by atoms with Crippen LogP contribution in [0, 0.1) is 6.92 Å². The predicted molar refractivity (Wildman–Crippen MR) is 91.8 cm³/mol. The molecule has 1 amide bonds. The van der Waals surface area contributed by atoms with Gasteiger partial charge in [0.05, 0.1) is 12.7 Å². The van der Waals surface area contributed by atoms with Gasteiger partial charge >= 0.3 is 5.97 Å². The number of nitrogens with one attached hydrogen (secondary N) is 1. The molecule has 0 atom stereocenters. The van der Waals surface area contributed by atoms with Crippen LogP contribution in [0.5, 0.6) is 0 Å². The third-order valence-electron chi connectivity index (χ3n) is 3.13. The molecule has 0 bridgehead atoms. The molecule has 116 valence electrons. The lowest BCUT2D eigenvalue weighted by Gasteiger charge is -2.05. The van der Waals surface area contributed by atoms with Crippen LogP contribution < -0.4 is 5.32 Å². The minimum atomic E-state index is -0.418. The fourth-order valence-corrected chi connectivity index (χ4v) is 3.86. The lowest BCUT2D eigenvalue weighted by atomic mass is 10.1. The number of ether oxygens (including phenoxy) is 1. The van der Waals surface area contributed by atoms with Crippen LogP contribution in [0.1, 0.15) is 32.6 Å². The highest BCUT2D eigenvalue weighted by Crippen LogP contribution is 2.34. The molecule has 2 heterocycles. The largest absolute Gasteiger partial charge is 0.465 e. The molecule has 0 spiro atoms. The molecule has 2 aromatic rings. The number of methoxy groups -OCH3 is 1. The highest BCUT2D eigenvalue weighted by Gasteiger charge is 2.22. The molecule has 0 aliphatic carbocycles. The zero-order valence-electron chi connectivity index (χ0n) is 12.6. The van der Waals surface area contributed by atoms with Gasteiger partial charge in [-0.3, -0.25) is 4.79 Å². The summed E-state index contributed by atoms with van der Waals surface area (Å²) in [5.41, 5.74) is 1.39. The van der Waals surface area contributed by atoms with Crippen LogP contribution in [0.25, 0.3) is 6.08 Å². The molecule has 0 unspecified atom stereocenters. The summed E-state index contributed by atoms with van der Waals surface area (Å²) in [6, 6.07) is 3.85.